The Morgan fingerprint density at radius 1 is 1.39 bits per heavy atom. The minimum atomic E-state index is 0.531. The van der Waals surface area contributed by atoms with Crippen LogP contribution in [-0.4, -0.2) is 43.0 Å². The fourth-order valence-corrected chi connectivity index (χ4v) is 2.30. The summed E-state index contributed by atoms with van der Waals surface area (Å²) < 4.78 is 0. The number of rotatable bonds is 5. The van der Waals surface area contributed by atoms with Gasteiger partial charge in [-0.05, 0) is 12.0 Å². The van der Waals surface area contributed by atoms with Gasteiger partial charge >= 0.3 is 0 Å². The standard InChI is InChI=1S/C15H23N3/c1-13(17(2)3)16-15-9-10-18(12-15)11-14-7-5-4-6-8-14/h4-8,15-16H,1,9-12H2,2-3H3/t15-/m0/s1. The highest BCUT2D eigenvalue weighted by Crippen LogP contribution is 2.14. The fourth-order valence-electron chi connectivity index (χ4n) is 2.30. The van der Waals surface area contributed by atoms with Crippen LogP contribution in [0.4, 0.5) is 0 Å². The van der Waals surface area contributed by atoms with Crippen molar-refractivity contribution in [2.45, 2.75) is 19.0 Å². The van der Waals surface area contributed by atoms with E-state index in [0.29, 0.717) is 6.04 Å². The number of nitrogens with one attached hydrogen (secondary N) is 1. The van der Waals surface area contributed by atoms with Crippen LogP contribution >= 0.6 is 0 Å². The Kier molecular flexibility index (Phi) is 4.26. The summed E-state index contributed by atoms with van der Waals surface area (Å²) in [4.78, 5) is 4.52. The molecule has 3 nitrogen and oxygen atoms in total. The Bertz CT molecular complexity index is 386. The average Bonchev–Trinajstić information content (AvgIpc) is 2.77. The summed E-state index contributed by atoms with van der Waals surface area (Å²) in [6, 6.07) is 11.2. The van der Waals surface area contributed by atoms with Crippen molar-refractivity contribution in [2.24, 2.45) is 0 Å². The van der Waals surface area contributed by atoms with Gasteiger partial charge in [-0.2, -0.15) is 0 Å². The molecule has 0 bridgehead atoms. The van der Waals surface area contributed by atoms with Crippen LogP contribution in [0.2, 0.25) is 0 Å². The maximum Gasteiger partial charge on any atom is 0.0936 e. The summed E-state index contributed by atoms with van der Waals surface area (Å²) in [5, 5.41) is 3.48. The molecule has 0 aliphatic carbocycles. The fraction of sp³-hybridized carbons (Fsp3) is 0.467. The van der Waals surface area contributed by atoms with Crippen molar-refractivity contribution in [1.82, 2.24) is 15.1 Å². The lowest BCUT2D eigenvalue weighted by molar-refractivity contribution is 0.318. The minimum Gasteiger partial charge on any atom is -0.368 e. The molecule has 0 unspecified atom stereocenters. The Morgan fingerprint density at radius 3 is 2.78 bits per heavy atom. The molecule has 1 aliphatic rings. The van der Waals surface area contributed by atoms with Crippen molar-refractivity contribution in [3.8, 4) is 0 Å². The highest BCUT2D eigenvalue weighted by atomic mass is 15.2. The van der Waals surface area contributed by atoms with Crippen LogP contribution in [0.1, 0.15) is 12.0 Å². The van der Waals surface area contributed by atoms with Crippen molar-refractivity contribution in [3.05, 3.63) is 48.3 Å². The van der Waals surface area contributed by atoms with Gasteiger partial charge in [0.2, 0.25) is 0 Å². The topological polar surface area (TPSA) is 18.5 Å². The molecule has 0 aromatic heterocycles. The van der Waals surface area contributed by atoms with Crippen molar-refractivity contribution in [2.75, 3.05) is 27.2 Å². The molecule has 18 heavy (non-hydrogen) atoms. The molecule has 98 valence electrons. The zero-order valence-corrected chi connectivity index (χ0v) is 11.4. The summed E-state index contributed by atoms with van der Waals surface area (Å²) in [5.41, 5.74) is 1.39. The Labute approximate surface area is 110 Å². The van der Waals surface area contributed by atoms with E-state index in [4.69, 9.17) is 0 Å². The van der Waals surface area contributed by atoms with Gasteiger partial charge in [0.1, 0.15) is 0 Å². The Morgan fingerprint density at radius 2 is 2.11 bits per heavy atom. The molecular weight excluding hydrogens is 222 g/mol. The maximum absolute atomic E-state index is 4.02. The molecule has 1 fully saturated rings. The summed E-state index contributed by atoms with van der Waals surface area (Å²) in [6.07, 6.45) is 1.19. The summed E-state index contributed by atoms with van der Waals surface area (Å²) in [6.45, 7) is 7.33. The minimum absolute atomic E-state index is 0.531. The van der Waals surface area contributed by atoms with Crippen LogP contribution in [0.5, 0.6) is 0 Å². The first kappa shape index (κ1) is 13.0. The summed E-state index contributed by atoms with van der Waals surface area (Å²) >= 11 is 0. The van der Waals surface area contributed by atoms with E-state index in [2.05, 4.69) is 47.1 Å². The number of hydrogen-bond acceptors (Lipinski definition) is 3. The normalized spacial score (nSPS) is 19.8. The van der Waals surface area contributed by atoms with E-state index in [1.54, 1.807) is 0 Å². The van der Waals surface area contributed by atoms with Crippen molar-refractivity contribution < 1.29 is 0 Å². The molecule has 0 radical (unpaired) electrons. The molecule has 1 aromatic carbocycles. The first-order valence-corrected chi connectivity index (χ1v) is 6.54. The highest BCUT2D eigenvalue weighted by Gasteiger charge is 2.22. The highest BCUT2D eigenvalue weighted by molar-refractivity contribution is 5.14. The quantitative estimate of drug-likeness (QED) is 0.854. The van der Waals surface area contributed by atoms with Gasteiger partial charge in [0.25, 0.3) is 0 Å². The SMILES string of the molecule is C=C(N[C@H]1CCN(Cc2ccccc2)C1)N(C)C. The zero-order chi connectivity index (χ0) is 13.0. The van der Waals surface area contributed by atoms with Crippen LogP contribution in [0.25, 0.3) is 0 Å². The second-order valence-electron chi connectivity index (χ2n) is 5.19. The first-order valence-electron chi connectivity index (χ1n) is 6.54. The Hall–Kier alpha value is -1.48. The van der Waals surface area contributed by atoms with E-state index in [9.17, 15) is 0 Å². The molecule has 3 heteroatoms. The largest absolute Gasteiger partial charge is 0.368 e. The molecule has 2 rings (SSSR count). The maximum atomic E-state index is 4.02. The Balaban J connectivity index is 1.80. The van der Waals surface area contributed by atoms with E-state index in [-0.39, 0.29) is 0 Å². The average molecular weight is 245 g/mol. The molecule has 0 spiro atoms. The third kappa shape index (κ3) is 3.50. The molecule has 1 N–H and O–H groups in total. The predicted molar refractivity (Wildman–Crippen MR) is 76.1 cm³/mol. The van der Waals surface area contributed by atoms with Crippen LogP contribution in [-0.2, 0) is 6.54 Å². The second kappa shape index (κ2) is 5.91. The van der Waals surface area contributed by atoms with Crippen molar-refractivity contribution in [3.63, 3.8) is 0 Å². The third-order valence-electron chi connectivity index (χ3n) is 3.43. The van der Waals surface area contributed by atoms with Crippen molar-refractivity contribution in [1.29, 1.82) is 0 Å². The van der Waals surface area contributed by atoms with Gasteiger partial charge in [0.05, 0.1) is 5.82 Å². The molecule has 0 amide bonds. The summed E-state index contributed by atoms with van der Waals surface area (Å²) in [7, 11) is 4.04. The smallest absolute Gasteiger partial charge is 0.0936 e. The van der Waals surface area contributed by atoms with E-state index >= 15 is 0 Å². The van der Waals surface area contributed by atoms with Crippen LogP contribution < -0.4 is 5.32 Å². The lowest BCUT2D eigenvalue weighted by Gasteiger charge is -2.22. The van der Waals surface area contributed by atoms with Gasteiger partial charge in [0.15, 0.2) is 0 Å². The second-order valence-corrected chi connectivity index (χ2v) is 5.19. The van der Waals surface area contributed by atoms with E-state index < -0.39 is 0 Å². The molecular formula is C15H23N3. The van der Waals surface area contributed by atoms with Crippen LogP contribution in [0.3, 0.4) is 0 Å². The molecule has 1 heterocycles. The molecule has 1 aromatic rings. The van der Waals surface area contributed by atoms with Gasteiger partial charge in [-0.25, -0.2) is 0 Å². The lowest BCUT2D eigenvalue weighted by Crippen LogP contribution is -2.35. The molecule has 1 atom stereocenters. The van der Waals surface area contributed by atoms with Gasteiger partial charge in [-0.3, -0.25) is 4.90 Å². The van der Waals surface area contributed by atoms with Gasteiger partial charge in [-0.1, -0.05) is 36.9 Å². The molecule has 0 saturated carbocycles. The number of nitrogens with zero attached hydrogens (tertiary/aromatic N) is 2. The van der Waals surface area contributed by atoms with Gasteiger partial charge < -0.3 is 10.2 Å². The van der Waals surface area contributed by atoms with Crippen LogP contribution in [0.15, 0.2) is 42.7 Å². The summed E-state index contributed by atoms with van der Waals surface area (Å²) in [5.74, 6) is 1.00. The monoisotopic (exact) mass is 245 g/mol. The van der Waals surface area contributed by atoms with Gasteiger partial charge in [-0.15, -0.1) is 0 Å². The van der Waals surface area contributed by atoms with Crippen molar-refractivity contribution >= 4 is 0 Å². The first-order chi connectivity index (χ1) is 8.65. The van der Waals surface area contributed by atoms with E-state index in [1.165, 1.54) is 12.0 Å². The molecule has 1 aliphatic heterocycles. The zero-order valence-electron chi connectivity index (χ0n) is 11.4. The number of hydrogen-bond donors (Lipinski definition) is 1. The van der Waals surface area contributed by atoms with E-state index in [1.807, 2.05) is 19.0 Å². The number of benzene rings is 1. The number of likely N-dealkylation sites (tertiary alicyclic amines) is 1. The third-order valence-corrected chi connectivity index (χ3v) is 3.43. The van der Waals surface area contributed by atoms with Crippen LogP contribution in [0, 0.1) is 0 Å². The van der Waals surface area contributed by atoms with Gasteiger partial charge in [0, 0.05) is 39.8 Å². The lowest BCUT2D eigenvalue weighted by atomic mass is 10.2. The predicted octanol–water partition coefficient (Wildman–Crippen LogP) is 1.88. The molecule has 1 saturated heterocycles. The van der Waals surface area contributed by atoms with E-state index in [0.717, 1.165) is 25.5 Å².